The second-order valence-electron chi connectivity index (χ2n) is 4.81. The number of aromatic nitrogens is 1. The number of anilines is 1. The van der Waals surface area contributed by atoms with E-state index in [-0.39, 0.29) is 17.6 Å². The quantitative estimate of drug-likeness (QED) is 0.823. The molecule has 0 radical (unpaired) electrons. The van der Waals surface area contributed by atoms with Crippen LogP contribution >= 0.6 is 0 Å². The van der Waals surface area contributed by atoms with Crippen LogP contribution in [0.5, 0.6) is 5.88 Å². The van der Waals surface area contributed by atoms with Gasteiger partial charge in [-0.25, -0.2) is 4.98 Å². The van der Waals surface area contributed by atoms with E-state index in [1.165, 1.54) is 25.4 Å². The number of pyridine rings is 1. The number of rotatable bonds is 3. The molecular weight excluding hydrogens is 354 g/mol. The summed E-state index contributed by atoms with van der Waals surface area (Å²) < 4.78 is 81.7. The molecule has 1 aromatic heterocycles. The van der Waals surface area contributed by atoms with Crippen molar-refractivity contribution in [2.45, 2.75) is 12.4 Å². The third-order valence-electron chi connectivity index (χ3n) is 3.06. The maximum absolute atomic E-state index is 12.8. The van der Waals surface area contributed by atoms with E-state index in [2.05, 4.69) is 10.3 Å². The maximum atomic E-state index is 12.8. The third-order valence-corrected chi connectivity index (χ3v) is 3.06. The zero-order chi connectivity index (χ0) is 18.8. The predicted molar refractivity (Wildman–Crippen MR) is 75.2 cm³/mol. The van der Waals surface area contributed by atoms with Gasteiger partial charge in [-0.1, -0.05) is 0 Å². The van der Waals surface area contributed by atoms with Gasteiger partial charge in [0.2, 0.25) is 5.88 Å². The SMILES string of the molecule is COc1ncccc1NC(=O)c1cc(C(F)(F)F)cc(C(F)(F)F)c1. The fourth-order valence-corrected chi connectivity index (χ4v) is 1.93. The summed E-state index contributed by atoms with van der Waals surface area (Å²) in [6.07, 6.45) is -8.74. The molecular formula is C15H10F6N2O2. The molecule has 0 spiro atoms. The number of hydrogen-bond acceptors (Lipinski definition) is 3. The molecule has 0 bridgehead atoms. The molecule has 0 saturated heterocycles. The molecule has 2 rings (SSSR count). The van der Waals surface area contributed by atoms with Gasteiger partial charge in [0.1, 0.15) is 5.69 Å². The molecule has 0 unspecified atom stereocenters. The molecule has 0 fully saturated rings. The second-order valence-corrected chi connectivity index (χ2v) is 4.81. The van der Waals surface area contributed by atoms with Gasteiger partial charge in [0, 0.05) is 11.8 Å². The lowest BCUT2D eigenvalue weighted by Gasteiger charge is -2.14. The first-order valence-corrected chi connectivity index (χ1v) is 6.62. The molecule has 10 heteroatoms. The summed E-state index contributed by atoms with van der Waals surface area (Å²) in [6.45, 7) is 0. The van der Waals surface area contributed by atoms with Crippen molar-refractivity contribution in [2.24, 2.45) is 0 Å². The van der Waals surface area contributed by atoms with E-state index in [1.807, 2.05) is 0 Å². The normalized spacial score (nSPS) is 12.0. The summed E-state index contributed by atoms with van der Waals surface area (Å²) >= 11 is 0. The van der Waals surface area contributed by atoms with Crippen molar-refractivity contribution in [3.63, 3.8) is 0 Å². The zero-order valence-electron chi connectivity index (χ0n) is 12.5. The van der Waals surface area contributed by atoms with Gasteiger partial charge in [-0.05, 0) is 30.3 Å². The molecule has 25 heavy (non-hydrogen) atoms. The monoisotopic (exact) mass is 364 g/mol. The van der Waals surface area contributed by atoms with Crippen molar-refractivity contribution in [1.29, 1.82) is 0 Å². The van der Waals surface area contributed by atoms with Gasteiger partial charge in [-0.3, -0.25) is 4.79 Å². The topological polar surface area (TPSA) is 51.2 Å². The van der Waals surface area contributed by atoms with Crippen molar-refractivity contribution in [3.05, 3.63) is 53.2 Å². The van der Waals surface area contributed by atoms with Crippen LogP contribution in [0.25, 0.3) is 0 Å². The van der Waals surface area contributed by atoms with Gasteiger partial charge in [0.05, 0.1) is 18.2 Å². The number of benzene rings is 1. The molecule has 0 aliphatic carbocycles. The predicted octanol–water partition coefficient (Wildman–Crippen LogP) is 4.38. The zero-order valence-corrected chi connectivity index (χ0v) is 12.5. The Morgan fingerprint density at radius 3 is 2.08 bits per heavy atom. The molecule has 4 nitrogen and oxygen atoms in total. The van der Waals surface area contributed by atoms with E-state index in [0.29, 0.717) is 12.1 Å². The number of halogens is 6. The van der Waals surface area contributed by atoms with Crippen LogP contribution in [0.2, 0.25) is 0 Å². The largest absolute Gasteiger partial charge is 0.480 e. The Kier molecular flexibility index (Phi) is 4.91. The highest BCUT2D eigenvalue weighted by molar-refractivity contribution is 6.05. The van der Waals surface area contributed by atoms with Crippen LogP contribution in [0.1, 0.15) is 21.5 Å². The Labute approximate surface area is 137 Å². The van der Waals surface area contributed by atoms with Crippen molar-refractivity contribution < 1.29 is 35.9 Å². The first kappa shape index (κ1) is 18.6. The molecule has 1 N–H and O–H groups in total. The van der Waals surface area contributed by atoms with Crippen LogP contribution in [0.4, 0.5) is 32.0 Å². The maximum Gasteiger partial charge on any atom is 0.416 e. The summed E-state index contributed by atoms with van der Waals surface area (Å²) in [5, 5.41) is 2.17. The highest BCUT2D eigenvalue weighted by Crippen LogP contribution is 2.36. The number of nitrogens with one attached hydrogen (secondary N) is 1. The molecule has 1 aromatic carbocycles. The Morgan fingerprint density at radius 1 is 1.04 bits per heavy atom. The number of nitrogens with zero attached hydrogens (tertiary/aromatic N) is 1. The molecule has 0 aliphatic rings. The second kappa shape index (κ2) is 6.61. The first-order valence-electron chi connectivity index (χ1n) is 6.62. The minimum atomic E-state index is -5.04. The van der Waals surface area contributed by atoms with Crippen LogP contribution in [0, 0.1) is 0 Å². The fraction of sp³-hybridized carbons (Fsp3) is 0.200. The smallest absolute Gasteiger partial charge is 0.416 e. The van der Waals surface area contributed by atoms with Crippen molar-refractivity contribution in [2.75, 3.05) is 12.4 Å². The Hall–Kier alpha value is -2.78. The van der Waals surface area contributed by atoms with Crippen LogP contribution in [0.3, 0.4) is 0 Å². The van der Waals surface area contributed by atoms with Gasteiger partial charge in [-0.2, -0.15) is 26.3 Å². The van der Waals surface area contributed by atoms with Crippen molar-refractivity contribution >= 4 is 11.6 Å². The van der Waals surface area contributed by atoms with Crippen LogP contribution in [-0.4, -0.2) is 18.0 Å². The number of carbonyl (C=O) groups excluding carboxylic acids is 1. The van der Waals surface area contributed by atoms with Crippen LogP contribution < -0.4 is 10.1 Å². The molecule has 134 valence electrons. The average molecular weight is 364 g/mol. The van der Waals surface area contributed by atoms with E-state index in [0.717, 1.165) is 0 Å². The molecule has 1 amide bonds. The molecule has 0 atom stereocenters. The lowest BCUT2D eigenvalue weighted by atomic mass is 10.0. The number of amides is 1. The number of alkyl halides is 6. The summed E-state index contributed by atoms with van der Waals surface area (Å²) in [6, 6.07) is 3.37. The summed E-state index contributed by atoms with van der Waals surface area (Å²) in [7, 11) is 1.24. The Balaban J connectivity index is 2.45. The van der Waals surface area contributed by atoms with E-state index in [4.69, 9.17) is 4.74 Å². The molecule has 0 saturated carbocycles. The van der Waals surface area contributed by atoms with Crippen LogP contribution in [-0.2, 0) is 12.4 Å². The third kappa shape index (κ3) is 4.40. The molecule has 2 aromatic rings. The minimum Gasteiger partial charge on any atom is -0.480 e. The summed E-state index contributed by atoms with van der Waals surface area (Å²) in [5.41, 5.74) is -3.95. The van der Waals surface area contributed by atoms with Crippen molar-refractivity contribution in [3.8, 4) is 5.88 Å². The minimum absolute atomic E-state index is 0.000899. The van der Waals surface area contributed by atoms with E-state index in [9.17, 15) is 31.1 Å². The van der Waals surface area contributed by atoms with Gasteiger partial charge >= 0.3 is 12.4 Å². The number of ether oxygens (including phenoxy) is 1. The Morgan fingerprint density at radius 2 is 1.60 bits per heavy atom. The fourth-order valence-electron chi connectivity index (χ4n) is 1.93. The summed E-state index contributed by atoms with van der Waals surface area (Å²) in [4.78, 5) is 15.9. The Bertz CT molecular complexity index is 754. The van der Waals surface area contributed by atoms with Gasteiger partial charge in [0.15, 0.2) is 0 Å². The molecule has 1 heterocycles. The standard InChI is InChI=1S/C15H10F6N2O2/c1-25-13-11(3-2-4-22-13)23-12(24)8-5-9(14(16,17)18)7-10(6-8)15(19,20)21/h2-7H,1H3,(H,23,24). The van der Waals surface area contributed by atoms with Gasteiger partial charge < -0.3 is 10.1 Å². The van der Waals surface area contributed by atoms with Gasteiger partial charge in [-0.15, -0.1) is 0 Å². The highest BCUT2D eigenvalue weighted by atomic mass is 19.4. The van der Waals surface area contributed by atoms with Gasteiger partial charge in [0.25, 0.3) is 5.91 Å². The van der Waals surface area contributed by atoms with E-state index >= 15 is 0 Å². The van der Waals surface area contributed by atoms with E-state index in [1.54, 1.807) is 0 Å². The highest BCUT2D eigenvalue weighted by Gasteiger charge is 2.37. The van der Waals surface area contributed by atoms with Crippen LogP contribution in [0.15, 0.2) is 36.5 Å². The lowest BCUT2D eigenvalue weighted by Crippen LogP contribution is -2.17. The summed E-state index contributed by atoms with van der Waals surface area (Å²) in [5.74, 6) is -1.21. The number of carbonyl (C=O) groups is 1. The number of methoxy groups -OCH3 is 1. The molecule has 0 aliphatic heterocycles. The average Bonchev–Trinajstić information content (AvgIpc) is 2.53. The van der Waals surface area contributed by atoms with Crippen molar-refractivity contribution in [1.82, 2.24) is 4.98 Å². The van der Waals surface area contributed by atoms with E-state index < -0.39 is 35.0 Å². The number of hydrogen-bond donors (Lipinski definition) is 1. The lowest BCUT2D eigenvalue weighted by molar-refractivity contribution is -0.143. The first-order chi connectivity index (χ1) is 11.5.